The summed E-state index contributed by atoms with van der Waals surface area (Å²) in [5.41, 5.74) is 5.36. The number of morpholine rings is 1. The summed E-state index contributed by atoms with van der Waals surface area (Å²) in [4.78, 5) is 23.7. The molecule has 0 bridgehead atoms. The van der Waals surface area contributed by atoms with Crippen molar-refractivity contribution in [3.05, 3.63) is 84.6 Å². The number of aromatic nitrogens is 2. The van der Waals surface area contributed by atoms with Crippen molar-refractivity contribution in [2.24, 2.45) is 0 Å². The first kappa shape index (κ1) is 21.6. The zero-order chi connectivity index (χ0) is 23.3. The van der Waals surface area contributed by atoms with Gasteiger partial charge < -0.3 is 15.0 Å². The standard InChI is InChI=1S/C27H23N5O2/c28-16-23-18-32(12-13-34-23)26-17-29-24-11-8-21(15-25(24)31-26)20-6-9-22(10-7-20)30-27(33)14-19-4-2-1-3-5-19/h1-11,15,17,23H,12-14,18H2,(H,30,33). The van der Waals surface area contributed by atoms with Crippen molar-refractivity contribution in [2.45, 2.75) is 12.5 Å². The predicted octanol–water partition coefficient (Wildman–Crippen LogP) is 4.21. The maximum atomic E-state index is 12.3. The zero-order valence-electron chi connectivity index (χ0n) is 18.5. The predicted molar refractivity (Wildman–Crippen MR) is 131 cm³/mol. The van der Waals surface area contributed by atoms with E-state index in [1.165, 1.54) is 0 Å². The van der Waals surface area contributed by atoms with Gasteiger partial charge in [-0.25, -0.2) is 4.98 Å². The molecular formula is C27H23N5O2. The quantitative estimate of drug-likeness (QED) is 0.491. The fourth-order valence-corrected chi connectivity index (χ4v) is 4.00. The highest BCUT2D eigenvalue weighted by atomic mass is 16.5. The van der Waals surface area contributed by atoms with Gasteiger partial charge in [-0.3, -0.25) is 9.78 Å². The first-order valence-corrected chi connectivity index (χ1v) is 11.1. The number of ether oxygens (including phenoxy) is 1. The van der Waals surface area contributed by atoms with Crippen LogP contribution in [-0.2, 0) is 16.0 Å². The van der Waals surface area contributed by atoms with E-state index in [1.807, 2.05) is 77.7 Å². The third-order valence-corrected chi connectivity index (χ3v) is 5.77. The minimum absolute atomic E-state index is 0.0470. The summed E-state index contributed by atoms with van der Waals surface area (Å²) < 4.78 is 5.43. The van der Waals surface area contributed by atoms with Gasteiger partial charge in [0.15, 0.2) is 6.10 Å². The minimum Gasteiger partial charge on any atom is -0.360 e. The van der Waals surface area contributed by atoms with Gasteiger partial charge in [-0.1, -0.05) is 48.5 Å². The molecule has 0 saturated carbocycles. The minimum atomic E-state index is -0.454. The Bertz CT molecular complexity index is 1350. The van der Waals surface area contributed by atoms with E-state index in [-0.39, 0.29) is 5.91 Å². The van der Waals surface area contributed by atoms with Gasteiger partial charge in [0.1, 0.15) is 5.82 Å². The topological polar surface area (TPSA) is 91.1 Å². The van der Waals surface area contributed by atoms with E-state index in [0.717, 1.165) is 39.2 Å². The summed E-state index contributed by atoms with van der Waals surface area (Å²) in [5, 5.41) is 12.1. The third kappa shape index (κ3) is 4.87. The lowest BCUT2D eigenvalue weighted by Crippen LogP contribution is -2.42. The normalized spacial score (nSPS) is 15.6. The molecule has 1 atom stereocenters. The van der Waals surface area contributed by atoms with Crippen molar-refractivity contribution in [1.29, 1.82) is 5.26 Å². The molecule has 0 spiro atoms. The maximum absolute atomic E-state index is 12.3. The van der Waals surface area contributed by atoms with Gasteiger partial charge in [-0.05, 0) is 41.0 Å². The fourth-order valence-electron chi connectivity index (χ4n) is 4.00. The highest BCUT2D eigenvalue weighted by Crippen LogP contribution is 2.26. The molecule has 2 heterocycles. The second kappa shape index (κ2) is 9.69. The van der Waals surface area contributed by atoms with Gasteiger partial charge in [-0.15, -0.1) is 0 Å². The summed E-state index contributed by atoms with van der Waals surface area (Å²) in [5.74, 6) is 0.693. The van der Waals surface area contributed by atoms with Crippen LogP contribution in [0.25, 0.3) is 22.2 Å². The average Bonchev–Trinajstić information content (AvgIpc) is 2.89. The molecule has 1 fully saturated rings. The molecule has 1 aromatic heterocycles. The largest absolute Gasteiger partial charge is 0.360 e. The SMILES string of the molecule is N#CC1CN(c2cnc3ccc(-c4ccc(NC(=O)Cc5ccccc5)cc4)cc3n2)CCO1. The first-order chi connectivity index (χ1) is 16.7. The lowest BCUT2D eigenvalue weighted by molar-refractivity contribution is -0.115. The number of nitrogens with one attached hydrogen (secondary N) is 1. The molecule has 5 rings (SSSR count). The van der Waals surface area contributed by atoms with Crippen molar-refractivity contribution in [1.82, 2.24) is 9.97 Å². The second-order valence-electron chi connectivity index (χ2n) is 8.15. The third-order valence-electron chi connectivity index (χ3n) is 5.77. The van der Waals surface area contributed by atoms with Crippen LogP contribution >= 0.6 is 0 Å². The van der Waals surface area contributed by atoms with Crippen LogP contribution in [0.1, 0.15) is 5.56 Å². The number of hydrogen-bond donors (Lipinski definition) is 1. The molecule has 34 heavy (non-hydrogen) atoms. The number of anilines is 2. The van der Waals surface area contributed by atoms with E-state index >= 15 is 0 Å². The molecule has 1 N–H and O–H groups in total. The van der Waals surface area contributed by atoms with Gasteiger partial charge in [0, 0.05) is 12.2 Å². The van der Waals surface area contributed by atoms with Crippen molar-refractivity contribution in [3.8, 4) is 17.2 Å². The van der Waals surface area contributed by atoms with Gasteiger partial charge in [0.25, 0.3) is 0 Å². The van der Waals surface area contributed by atoms with Crippen LogP contribution in [0, 0.1) is 11.3 Å². The summed E-state index contributed by atoms with van der Waals surface area (Å²) in [6.07, 6.45) is 1.63. The summed E-state index contributed by atoms with van der Waals surface area (Å²) in [7, 11) is 0. The Morgan fingerprint density at radius 3 is 2.65 bits per heavy atom. The number of carbonyl (C=O) groups excluding carboxylic acids is 1. The highest BCUT2D eigenvalue weighted by molar-refractivity contribution is 5.92. The molecule has 4 aromatic rings. The average molecular weight is 450 g/mol. The molecule has 0 radical (unpaired) electrons. The van der Waals surface area contributed by atoms with Crippen molar-refractivity contribution in [3.63, 3.8) is 0 Å². The zero-order valence-corrected chi connectivity index (χ0v) is 18.5. The van der Waals surface area contributed by atoms with Gasteiger partial charge in [-0.2, -0.15) is 5.26 Å². The van der Waals surface area contributed by atoms with Crippen LogP contribution in [0.2, 0.25) is 0 Å². The Kier molecular flexibility index (Phi) is 6.15. The molecule has 7 nitrogen and oxygen atoms in total. The molecular weight excluding hydrogens is 426 g/mol. The molecule has 168 valence electrons. The molecule has 1 saturated heterocycles. The first-order valence-electron chi connectivity index (χ1n) is 11.1. The number of carbonyl (C=O) groups is 1. The van der Waals surface area contributed by atoms with Gasteiger partial charge in [0.05, 0.1) is 42.9 Å². The van der Waals surface area contributed by atoms with Gasteiger partial charge in [0.2, 0.25) is 5.91 Å². The summed E-state index contributed by atoms with van der Waals surface area (Å²) >= 11 is 0. The molecule has 1 aliphatic rings. The number of benzene rings is 3. The fraction of sp³-hybridized carbons (Fsp3) is 0.185. The van der Waals surface area contributed by atoms with E-state index in [1.54, 1.807) is 6.20 Å². The van der Waals surface area contributed by atoms with Crippen LogP contribution in [0.3, 0.4) is 0 Å². The molecule has 7 heteroatoms. The van der Waals surface area contributed by atoms with E-state index in [9.17, 15) is 4.79 Å². The van der Waals surface area contributed by atoms with Crippen LogP contribution in [-0.4, -0.2) is 41.7 Å². The van der Waals surface area contributed by atoms with Gasteiger partial charge >= 0.3 is 0 Å². The Morgan fingerprint density at radius 2 is 1.85 bits per heavy atom. The van der Waals surface area contributed by atoms with E-state index in [2.05, 4.69) is 16.4 Å². The maximum Gasteiger partial charge on any atom is 0.228 e. The number of amides is 1. The Labute approximate surface area is 197 Å². The Hall–Kier alpha value is -4.28. The molecule has 3 aromatic carbocycles. The number of fused-ring (bicyclic) bond motifs is 1. The Morgan fingerprint density at radius 1 is 1.06 bits per heavy atom. The van der Waals surface area contributed by atoms with Crippen LogP contribution in [0.4, 0.5) is 11.5 Å². The lowest BCUT2D eigenvalue weighted by Gasteiger charge is -2.30. The molecule has 0 aliphatic carbocycles. The van der Waals surface area contributed by atoms with E-state index in [0.29, 0.717) is 26.1 Å². The smallest absolute Gasteiger partial charge is 0.228 e. The number of nitrogens with zero attached hydrogens (tertiary/aromatic N) is 4. The number of nitriles is 1. The van der Waals surface area contributed by atoms with E-state index in [4.69, 9.17) is 15.0 Å². The number of hydrogen-bond acceptors (Lipinski definition) is 6. The van der Waals surface area contributed by atoms with Crippen molar-refractivity contribution >= 4 is 28.4 Å². The molecule has 1 aliphatic heterocycles. The van der Waals surface area contributed by atoms with Crippen molar-refractivity contribution < 1.29 is 9.53 Å². The monoisotopic (exact) mass is 449 g/mol. The Balaban J connectivity index is 1.31. The molecule has 1 amide bonds. The van der Waals surface area contributed by atoms with E-state index < -0.39 is 6.10 Å². The van der Waals surface area contributed by atoms with Crippen molar-refractivity contribution in [2.75, 3.05) is 29.9 Å². The summed E-state index contributed by atoms with van der Waals surface area (Å²) in [6.45, 7) is 1.65. The summed E-state index contributed by atoms with van der Waals surface area (Å²) in [6, 6.07) is 25.6. The van der Waals surface area contributed by atoms with Crippen LogP contribution in [0.15, 0.2) is 79.0 Å². The van der Waals surface area contributed by atoms with Crippen LogP contribution < -0.4 is 10.2 Å². The number of rotatable bonds is 5. The second-order valence-corrected chi connectivity index (χ2v) is 8.15. The highest BCUT2D eigenvalue weighted by Gasteiger charge is 2.21. The lowest BCUT2D eigenvalue weighted by atomic mass is 10.0. The van der Waals surface area contributed by atoms with Crippen LogP contribution in [0.5, 0.6) is 0 Å². The molecule has 1 unspecified atom stereocenters.